The molecule has 0 spiro atoms. The van der Waals surface area contributed by atoms with Gasteiger partial charge in [0.15, 0.2) is 0 Å². The van der Waals surface area contributed by atoms with E-state index in [1.165, 1.54) is 25.4 Å². The molecule has 34 heavy (non-hydrogen) atoms. The molecule has 0 bridgehead atoms. The maximum Gasteiger partial charge on any atom is 0.328 e. The quantitative estimate of drug-likeness (QED) is 0.474. The second-order valence-electron chi connectivity index (χ2n) is 7.72. The van der Waals surface area contributed by atoms with Crippen LogP contribution in [0.5, 0.6) is 0 Å². The van der Waals surface area contributed by atoms with E-state index in [9.17, 15) is 26.4 Å². The largest absolute Gasteiger partial charge is 0.467 e. The maximum atomic E-state index is 13.3. The van der Waals surface area contributed by atoms with Crippen molar-refractivity contribution >= 4 is 31.9 Å². The number of methoxy groups -OCH3 is 1. The summed E-state index contributed by atoms with van der Waals surface area (Å²) >= 11 is 0. The number of hydrogen-bond acceptors (Lipinski definition) is 8. The lowest BCUT2D eigenvalue weighted by atomic mass is 10.1. The number of esters is 1. The molecule has 0 aliphatic carbocycles. The lowest BCUT2D eigenvalue weighted by Crippen LogP contribution is -2.62. The van der Waals surface area contributed by atoms with Crippen LogP contribution in [0.25, 0.3) is 0 Å². The van der Waals surface area contributed by atoms with Gasteiger partial charge in [0.1, 0.15) is 12.1 Å². The van der Waals surface area contributed by atoms with Crippen LogP contribution in [-0.4, -0.2) is 87.4 Å². The smallest absolute Gasteiger partial charge is 0.328 e. The third-order valence-corrected chi connectivity index (χ3v) is 8.57. The van der Waals surface area contributed by atoms with Gasteiger partial charge in [-0.15, -0.1) is 0 Å². The summed E-state index contributed by atoms with van der Waals surface area (Å²) in [4.78, 5) is 29.6. The highest BCUT2D eigenvalue weighted by Crippen LogP contribution is 2.23. The van der Waals surface area contributed by atoms with Gasteiger partial charge in [0.2, 0.25) is 26.0 Å². The minimum atomic E-state index is -4.12. The second-order valence-corrected chi connectivity index (χ2v) is 11.6. The zero-order chi connectivity index (χ0) is 24.9. The lowest BCUT2D eigenvalue weighted by Gasteiger charge is -2.38. The summed E-state index contributed by atoms with van der Waals surface area (Å²) in [5.74, 6) is -1.54. The van der Waals surface area contributed by atoms with Crippen LogP contribution in [0.4, 0.5) is 0 Å². The molecular formula is C21H26N4O7S2. The second kappa shape index (κ2) is 10.6. The van der Waals surface area contributed by atoms with Gasteiger partial charge in [-0.25, -0.2) is 21.6 Å². The number of nitrogens with one attached hydrogen (secondary N) is 1. The van der Waals surface area contributed by atoms with Crippen LogP contribution >= 0.6 is 0 Å². The number of sulfonamides is 2. The van der Waals surface area contributed by atoms with Crippen LogP contribution in [0.3, 0.4) is 0 Å². The molecule has 1 aromatic carbocycles. The molecule has 1 saturated heterocycles. The predicted molar refractivity (Wildman–Crippen MR) is 122 cm³/mol. The average Bonchev–Trinajstić information content (AvgIpc) is 2.83. The summed E-state index contributed by atoms with van der Waals surface area (Å²) in [5, 5.41) is 2.54. The highest BCUT2D eigenvalue weighted by atomic mass is 32.2. The van der Waals surface area contributed by atoms with Crippen LogP contribution in [0.1, 0.15) is 5.56 Å². The molecule has 0 saturated carbocycles. The zero-order valence-corrected chi connectivity index (χ0v) is 20.3. The highest BCUT2D eigenvalue weighted by molar-refractivity contribution is 7.89. The minimum Gasteiger partial charge on any atom is -0.467 e. The third kappa shape index (κ3) is 5.97. The molecule has 1 amide bonds. The molecule has 13 heteroatoms. The Morgan fingerprint density at radius 3 is 2.41 bits per heavy atom. The summed E-state index contributed by atoms with van der Waals surface area (Å²) in [6, 6.07) is 8.42. The van der Waals surface area contributed by atoms with E-state index in [4.69, 9.17) is 4.74 Å². The molecule has 0 unspecified atom stereocenters. The summed E-state index contributed by atoms with van der Waals surface area (Å²) in [5.41, 5.74) is 0.647. The third-order valence-electron chi connectivity index (χ3n) is 5.38. The fraction of sp³-hybridized carbons (Fsp3) is 0.381. The van der Waals surface area contributed by atoms with Crippen molar-refractivity contribution in [1.82, 2.24) is 18.9 Å². The summed E-state index contributed by atoms with van der Waals surface area (Å²) < 4.78 is 57.7. The Labute approximate surface area is 198 Å². The number of carbonyl (C=O) groups is 2. The van der Waals surface area contributed by atoms with Crippen LogP contribution < -0.4 is 5.32 Å². The van der Waals surface area contributed by atoms with Crippen molar-refractivity contribution in [3.8, 4) is 0 Å². The minimum absolute atomic E-state index is 0.0273. The van der Waals surface area contributed by atoms with Crippen LogP contribution in [0.2, 0.25) is 0 Å². The van der Waals surface area contributed by atoms with Crippen molar-refractivity contribution in [2.75, 3.05) is 33.0 Å². The van der Waals surface area contributed by atoms with Crippen molar-refractivity contribution in [2.45, 2.75) is 23.4 Å². The van der Waals surface area contributed by atoms with E-state index in [0.29, 0.717) is 5.56 Å². The van der Waals surface area contributed by atoms with Gasteiger partial charge in [-0.2, -0.15) is 8.61 Å². The molecule has 2 atom stereocenters. The van der Waals surface area contributed by atoms with Gasteiger partial charge in [-0.1, -0.05) is 24.3 Å². The first-order valence-electron chi connectivity index (χ1n) is 10.3. The summed E-state index contributed by atoms with van der Waals surface area (Å²) in [7, 11) is -6.64. The van der Waals surface area contributed by atoms with E-state index in [0.717, 1.165) is 14.9 Å². The van der Waals surface area contributed by atoms with Gasteiger partial charge in [-0.3, -0.25) is 9.78 Å². The van der Waals surface area contributed by atoms with Crippen LogP contribution in [0.15, 0.2) is 59.8 Å². The number of aromatic nitrogens is 1. The maximum absolute atomic E-state index is 13.3. The number of piperazine rings is 1. The topological polar surface area (TPSA) is 143 Å². The van der Waals surface area contributed by atoms with Gasteiger partial charge in [0.05, 0.1) is 18.3 Å². The Kier molecular flexibility index (Phi) is 8.02. The van der Waals surface area contributed by atoms with Crippen LogP contribution in [-0.2, 0) is 40.8 Å². The van der Waals surface area contributed by atoms with E-state index in [-0.39, 0.29) is 24.4 Å². The molecule has 1 aromatic heterocycles. The Morgan fingerprint density at radius 2 is 1.82 bits per heavy atom. The van der Waals surface area contributed by atoms with E-state index in [1.807, 2.05) is 0 Å². The fourth-order valence-electron chi connectivity index (χ4n) is 3.63. The molecule has 2 aromatic rings. The first kappa shape index (κ1) is 25.7. The number of hydrogen-bond donors (Lipinski definition) is 1. The van der Waals surface area contributed by atoms with Crippen molar-refractivity contribution < 1.29 is 31.2 Å². The highest BCUT2D eigenvalue weighted by Gasteiger charge is 2.43. The van der Waals surface area contributed by atoms with Gasteiger partial charge >= 0.3 is 5.97 Å². The van der Waals surface area contributed by atoms with Crippen molar-refractivity contribution in [1.29, 1.82) is 0 Å². The molecule has 184 valence electrons. The van der Waals surface area contributed by atoms with E-state index < -0.39 is 50.6 Å². The molecule has 1 aliphatic heterocycles. The molecular weight excluding hydrogens is 484 g/mol. The van der Waals surface area contributed by atoms with E-state index in [1.54, 1.807) is 36.5 Å². The number of pyridine rings is 1. The number of amides is 1. The monoisotopic (exact) mass is 510 g/mol. The van der Waals surface area contributed by atoms with Crippen molar-refractivity contribution in [3.05, 3.63) is 60.4 Å². The summed E-state index contributed by atoms with van der Waals surface area (Å²) in [6.45, 7) is -0.726. The number of ether oxygens (including phenoxy) is 1. The van der Waals surface area contributed by atoms with E-state index >= 15 is 0 Å². The van der Waals surface area contributed by atoms with Crippen LogP contribution in [0, 0.1) is 0 Å². The molecule has 1 fully saturated rings. The Bertz CT molecular complexity index is 1220. The SMILES string of the molecule is COC(=O)[C@@H](Cc1cccnc1)NC(=O)[C@@H]1CN(S(C)(=O)=O)CCN1S(=O)(=O)c1ccccc1. The molecule has 2 heterocycles. The normalized spacial score (nSPS) is 18.7. The van der Waals surface area contributed by atoms with E-state index in [2.05, 4.69) is 10.3 Å². The number of nitrogens with zero attached hydrogens (tertiary/aromatic N) is 3. The Hall–Kier alpha value is -2.87. The predicted octanol–water partition coefficient (Wildman–Crippen LogP) is -0.383. The number of carbonyl (C=O) groups excluding carboxylic acids is 2. The average molecular weight is 511 g/mol. The fourth-order valence-corrected chi connectivity index (χ4v) is 6.05. The molecule has 1 aliphatic rings. The van der Waals surface area contributed by atoms with Gasteiger partial charge in [0, 0.05) is 38.4 Å². The summed E-state index contributed by atoms with van der Waals surface area (Å²) in [6.07, 6.45) is 4.13. The molecule has 0 radical (unpaired) electrons. The van der Waals surface area contributed by atoms with Gasteiger partial charge < -0.3 is 10.1 Å². The van der Waals surface area contributed by atoms with Crippen molar-refractivity contribution in [3.63, 3.8) is 0 Å². The first-order valence-corrected chi connectivity index (χ1v) is 13.6. The molecule has 11 nitrogen and oxygen atoms in total. The Balaban J connectivity index is 1.92. The first-order chi connectivity index (χ1) is 16.0. The lowest BCUT2D eigenvalue weighted by molar-refractivity contribution is -0.145. The zero-order valence-electron chi connectivity index (χ0n) is 18.7. The van der Waals surface area contributed by atoms with Crippen molar-refractivity contribution in [2.24, 2.45) is 0 Å². The number of rotatable bonds is 8. The number of benzene rings is 1. The molecule has 3 rings (SSSR count). The molecule has 1 N–H and O–H groups in total. The standard InChI is InChI=1S/C21H26N4O7S2/c1-32-21(27)18(13-16-7-6-10-22-14-16)23-20(26)19-15-24(33(2,28)29)11-12-25(19)34(30,31)17-8-4-3-5-9-17/h3-10,14,18-19H,11-13,15H2,1-2H3,(H,23,26)/t18-,19+/m1/s1. The van der Waals surface area contributed by atoms with Gasteiger partial charge in [0.25, 0.3) is 0 Å². The van der Waals surface area contributed by atoms with Gasteiger partial charge in [-0.05, 0) is 23.8 Å². The Morgan fingerprint density at radius 1 is 1.12 bits per heavy atom.